The van der Waals surface area contributed by atoms with E-state index in [2.05, 4.69) is 5.32 Å². The molecule has 15 heteroatoms. The van der Waals surface area contributed by atoms with E-state index in [1.807, 2.05) is 4.72 Å². The number of methoxy groups -OCH3 is 1. The van der Waals surface area contributed by atoms with Crippen molar-refractivity contribution in [3.8, 4) is 5.75 Å². The molecule has 0 heterocycles. The molecule has 248 valence electrons. The van der Waals surface area contributed by atoms with Crippen LogP contribution in [0.1, 0.15) is 63.2 Å². The molecule has 3 aromatic rings. The van der Waals surface area contributed by atoms with E-state index in [-0.39, 0.29) is 56.5 Å². The van der Waals surface area contributed by atoms with Crippen molar-refractivity contribution in [3.63, 3.8) is 0 Å². The van der Waals surface area contributed by atoms with Gasteiger partial charge < -0.3 is 10.1 Å². The molecule has 2 aliphatic rings. The van der Waals surface area contributed by atoms with Gasteiger partial charge in [-0.15, -0.1) is 0 Å². The first-order chi connectivity index (χ1) is 22.1. The van der Waals surface area contributed by atoms with Gasteiger partial charge in [-0.25, -0.2) is 21.6 Å². The number of sulfone groups is 1. The third-order valence-corrected chi connectivity index (χ3v) is 10.1. The Morgan fingerprint density at radius 1 is 0.809 bits per heavy atom. The van der Waals surface area contributed by atoms with Crippen LogP contribution in [0.3, 0.4) is 0 Å². The molecule has 5 rings (SSSR count). The predicted molar refractivity (Wildman–Crippen MR) is 171 cm³/mol. The maximum atomic E-state index is 12.4. The van der Waals surface area contributed by atoms with Gasteiger partial charge in [-0.1, -0.05) is 23.7 Å². The minimum absolute atomic E-state index is 0.00216. The van der Waals surface area contributed by atoms with Crippen molar-refractivity contribution in [2.75, 3.05) is 13.4 Å². The van der Waals surface area contributed by atoms with Crippen LogP contribution in [0.15, 0.2) is 76.5 Å². The Balaban J connectivity index is 0.000000218. The number of Topliss-reactive ketones (excluding diaryl/α,β-unsaturated/α-hetero) is 3. The number of halogens is 1. The van der Waals surface area contributed by atoms with Gasteiger partial charge in [0, 0.05) is 36.3 Å². The zero-order chi connectivity index (χ0) is 34.5. The lowest BCUT2D eigenvalue weighted by Gasteiger charge is -2.18. The van der Waals surface area contributed by atoms with Gasteiger partial charge in [0.05, 0.1) is 27.5 Å². The van der Waals surface area contributed by atoms with Gasteiger partial charge in [0.15, 0.2) is 27.2 Å². The molecule has 0 atom stereocenters. The molecule has 2 saturated carbocycles. The fourth-order valence-electron chi connectivity index (χ4n) is 4.63. The Morgan fingerprint density at radius 3 is 1.96 bits per heavy atom. The Labute approximate surface area is 276 Å². The molecule has 2 fully saturated rings. The second-order valence-electron chi connectivity index (χ2n) is 10.9. The number of benzene rings is 3. The molecule has 0 unspecified atom stereocenters. The van der Waals surface area contributed by atoms with Crippen LogP contribution in [-0.2, 0) is 29.4 Å². The van der Waals surface area contributed by atoms with E-state index >= 15 is 0 Å². The molecular formula is C32H31ClN2O10S2. The highest BCUT2D eigenvalue weighted by molar-refractivity contribution is 7.90. The number of para-hydroxylation sites is 1. The summed E-state index contributed by atoms with van der Waals surface area (Å²) in [5.41, 5.74) is 0.476. The number of nitrogens with one attached hydrogen (secondary N) is 2. The summed E-state index contributed by atoms with van der Waals surface area (Å²) in [4.78, 5) is 60.0. The van der Waals surface area contributed by atoms with Crippen LogP contribution in [0.4, 0.5) is 0 Å². The molecule has 0 bridgehead atoms. The molecular weight excluding hydrogens is 672 g/mol. The summed E-state index contributed by atoms with van der Waals surface area (Å²) in [7, 11) is -6.12. The zero-order valence-electron chi connectivity index (χ0n) is 25.3. The maximum absolute atomic E-state index is 12.4. The van der Waals surface area contributed by atoms with Crippen molar-refractivity contribution in [3.05, 3.63) is 88.4 Å². The minimum Gasteiger partial charge on any atom is -0.496 e. The summed E-state index contributed by atoms with van der Waals surface area (Å²) < 4.78 is 54.7. The molecule has 2 amide bonds. The Kier molecular flexibility index (Phi) is 11.0. The molecule has 3 aromatic carbocycles. The van der Waals surface area contributed by atoms with E-state index in [0.717, 1.165) is 25.2 Å². The van der Waals surface area contributed by atoms with Crippen LogP contribution in [-0.4, -0.2) is 65.4 Å². The molecule has 0 radical (unpaired) electrons. The normalized spacial score (nSPS) is 15.2. The highest BCUT2D eigenvalue weighted by atomic mass is 35.5. The molecule has 2 N–H and O–H groups in total. The molecule has 2 aliphatic carbocycles. The number of rotatable bonds is 9. The summed E-state index contributed by atoms with van der Waals surface area (Å²) in [5, 5.41) is 2.75. The second-order valence-corrected chi connectivity index (χ2v) is 15.0. The lowest BCUT2D eigenvalue weighted by molar-refractivity contribution is -0.133. The topological polar surface area (TPSA) is 187 Å². The van der Waals surface area contributed by atoms with Crippen molar-refractivity contribution in [2.45, 2.75) is 47.9 Å². The lowest BCUT2D eigenvalue weighted by Crippen LogP contribution is -2.35. The van der Waals surface area contributed by atoms with Crippen LogP contribution in [0.5, 0.6) is 5.75 Å². The summed E-state index contributed by atoms with van der Waals surface area (Å²) in [6.45, 7) is 0. The van der Waals surface area contributed by atoms with Gasteiger partial charge >= 0.3 is 0 Å². The quantitative estimate of drug-likeness (QED) is 0.247. The summed E-state index contributed by atoms with van der Waals surface area (Å²) in [5.74, 6) is -3.53. The number of ether oxygens (including phenoxy) is 1. The first-order valence-corrected chi connectivity index (χ1v) is 18.1. The molecule has 0 saturated heterocycles. The number of hydrogen-bond donors (Lipinski definition) is 2. The highest BCUT2D eigenvalue weighted by Gasteiger charge is 2.37. The third kappa shape index (κ3) is 8.90. The number of carbonyl (C=O) groups is 5. The van der Waals surface area contributed by atoms with E-state index in [9.17, 15) is 40.8 Å². The molecule has 47 heavy (non-hydrogen) atoms. The summed E-state index contributed by atoms with van der Waals surface area (Å²) in [6.07, 6.45) is 3.80. The number of amides is 2. The standard InChI is InChI=1S/C18H18N2O5S.C14H13ClO5S/c1-25-16-5-3-2-4-15(16)18(22)20-26(23,24)14-10-6-12(7-11-14)17(21)19-13-8-9-13;1-21(19,20)8-5-6-9(10(15)7-8)14(18)13-11(16)3-2-4-12(13)17/h2-7,10-11,13H,8-9H2,1H3,(H,19,21)(H,20,22);5-7,13H,2-4H2,1H3. The minimum atomic E-state index is -4.07. The van der Waals surface area contributed by atoms with Gasteiger partial charge in [-0.2, -0.15) is 0 Å². The van der Waals surface area contributed by atoms with Crippen LogP contribution < -0.4 is 14.8 Å². The number of ketones is 3. The average molecular weight is 703 g/mol. The summed E-state index contributed by atoms with van der Waals surface area (Å²) in [6, 6.07) is 15.6. The van der Waals surface area contributed by atoms with Crippen molar-refractivity contribution in [1.82, 2.24) is 10.0 Å². The predicted octanol–water partition coefficient (Wildman–Crippen LogP) is 3.57. The van der Waals surface area contributed by atoms with E-state index in [4.69, 9.17) is 16.3 Å². The highest BCUT2D eigenvalue weighted by Crippen LogP contribution is 2.27. The van der Waals surface area contributed by atoms with Gasteiger partial charge in [-0.3, -0.25) is 24.0 Å². The largest absolute Gasteiger partial charge is 0.496 e. The van der Waals surface area contributed by atoms with E-state index in [1.54, 1.807) is 18.2 Å². The van der Waals surface area contributed by atoms with Gasteiger partial charge in [0.25, 0.3) is 21.8 Å². The third-order valence-electron chi connectivity index (χ3n) is 7.30. The maximum Gasteiger partial charge on any atom is 0.268 e. The fourth-order valence-corrected chi connectivity index (χ4v) is 6.58. The molecule has 12 nitrogen and oxygen atoms in total. The molecule has 0 aromatic heterocycles. The smallest absolute Gasteiger partial charge is 0.268 e. The van der Waals surface area contributed by atoms with Gasteiger partial charge in [0.2, 0.25) is 0 Å². The van der Waals surface area contributed by atoms with Crippen molar-refractivity contribution >= 4 is 60.6 Å². The van der Waals surface area contributed by atoms with Crippen molar-refractivity contribution < 1.29 is 45.5 Å². The summed E-state index contributed by atoms with van der Waals surface area (Å²) >= 11 is 5.94. The van der Waals surface area contributed by atoms with E-state index in [1.165, 1.54) is 49.6 Å². The monoisotopic (exact) mass is 702 g/mol. The number of hydrogen-bond acceptors (Lipinski definition) is 10. The SMILES string of the molecule is COc1ccccc1C(=O)NS(=O)(=O)c1ccc(C(=O)NC2CC2)cc1.CS(=O)(=O)c1ccc(C(=O)C2C(=O)CCCC2=O)c(Cl)c1. The van der Waals surface area contributed by atoms with Crippen LogP contribution >= 0.6 is 11.6 Å². The second kappa shape index (κ2) is 14.6. The van der Waals surface area contributed by atoms with Gasteiger partial charge in [0.1, 0.15) is 11.7 Å². The Morgan fingerprint density at radius 2 is 1.40 bits per heavy atom. The van der Waals surface area contributed by atoms with Crippen molar-refractivity contribution in [2.24, 2.45) is 5.92 Å². The first kappa shape index (κ1) is 35.5. The van der Waals surface area contributed by atoms with Crippen LogP contribution in [0.2, 0.25) is 5.02 Å². The van der Waals surface area contributed by atoms with Crippen molar-refractivity contribution in [1.29, 1.82) is 0 Å². The molecule has 0 aliphatic heterocycles. The van der Waals surface area contributed by atoms with Crippen LogP contribution in [0.25, 0.3) is 0 Å². The number of carbonyl (C=O) groups excluding carboxylic acids is 5. The van der Waals surface area contributed by atoms with E-state index in [0.29, 0.717) is 12.0 Å². The molecule has 0 spiro atoms. The average Bonchev–Trinajstić information content (AvgIpc) is 3.84. The zero-order valence-corrected chi connectivity index (χ0v) is 27.7. The van der Waals surface area contributed by atoms with E-state index < -0.39 is 49.0 Å². The lowest BCUT2D eigenvalue weighted by atomic mass is 9.82. The Bertz CT molecular complexity index is 1940. The van der Waals surface area contributed by atoms with Crippen LogP contribution in [0, 0.1) is 5.92 Å². The Hall–Kier alpha value is -4.40. The number of sulfonamides is 1. The first-order valence-electron chi connectivity index (χ1n) is 14.3. The van der Waals surface area contributed by atoms with Gasteiger partial charge in [-0.05, 0) is 73.9 Å². The fraction of sp³-hybridized carbons (Fsp3) is 0.281.